The van der Waals surface area contributed by atoms with Crippen LogP contribution >= 0.6 is 11.6 Å². The number of carboxylic acids is 1. The number of halogens is 1. The molecular weight excluding hydrogens is 344 g/mol. The van der Waals surface area contributed by atoms with E-state index in [4.69, 9.17) is 16.3 Å². The summed E-state index contributed by atoms with van der Waals surface area (Å²) in [6, 6.07) is 13.4. The summed E-state index contributed by atoms with van der Waals surface area (Å²) >= 11 is 5.99. The van der Waals surface area contributed by atoms with E-state index in [2.05, 4.69) is 10.5 Å². The van der Waals surface area contributed by atoms with E-state index in [0.29, 0.717) is 28.5 Å². The lowest BCUT2D eigenvalue weighted by atomic mass is 10.1. The van der Waals surface area contributed by atoms with Crippen LogP contribution in [0.25, 0.3) is 0 Å². The van der Waals surface area contributed by atoms with Gasteiger partial charge in [0, 0.05) is 0 Å². The molecule has 0 saturated heterocycles. The van der Waals surface area contributed by atoms with Crippen molar-refractivity contribution in [2.45, 2.75) is 13.3 Å². The first-order valence-corrected chi connectivity index (χ1v) is 7.93. The molecule has 0 heterocycles. The number of hydrogen-bond acceptors (Lipinski definition) is 5. The van der Waals surface area contributed by atoms with Gasteiger partial charge in [0.1, 0.15) is 12.4 Å². The van der Waals surface area contributed by atoms with Crippen molar-refractivity contribution in [3.05, 3.63) is 64.7 Å². The molecule has 6 nitrogen and oxygen atoms in total. The molecule has 0 bridgehead atoms. The molecule has 0 aliphatic carbocycles. The number of rotatable bonds is 7. The summed E-state index contributed by atoms with van der Waals surface area (Å²) in [6.07, 6.45) is 0.585. The number of hydrogen-bond donors (Lipinski definition) is 1. The molecular formula is C18H16ClN2O4-. The summed E-state index contributed by atoms with van der Waals surface area (Å²) in [5.74, 6) is -1.28. The summed E-state index contributed by atoms with van der Waals surface area (Å²) in [6.45, 7) is 1.39. The van der Waals surface area contributed by atoms with Crippen LogP contribution in [0.4, 0.5) is 0 Å². The highest BCUT2D eigenvalue weighted by Crippen LogP contribution is 2.16. The van der Waals surface area contributed by atoms with Gasteiger partial charge in [0.15, 0.2) is 0 Å². The highest BCUT2D eigenvalue weighted by molar-refractivity contribution is 6.33. The van der Waals surface area contributed by atoms with Crippen molar-refractivity contribution >= 4 is 29.2 Å². The van der Waals surface area contributed by atoms with Gasteiger partial charge >= 0.3 is 0 Å². The number of ether oxygens (including phenoxy) is 1. The van der Waals surface area contributed by atoms with Crippen LogP contribution in [0, 0.1) is 0 Å². The van der Waals surface area contributed by atoms with Gasteiger partial charge in [0.25, 0.3) is 5.91 Å². The fourth-order valence-corrected chi connectivity index (χ4v) is 2.28. The van der Waals surface area contributed by atoms with E-state index in [-0.39, 0.29) is 0 Å². The summed E-state index contributed by atoms with van der Waals surface area (Å²) < 4.78 is 5.02. The Morgan fingerprint density at radius 2 is 1.84 bits per heavy atom. The Morgan fingerprint density at radius 1 is 1.16 bits per heavy atom. The first-order chi connectivity index (χ1) is 12.0. The quantitative estimate of drug-likeness (QED) is 0.604. The molecule has 0 spiro atoms. The number of carbonyl (C=O) groups is 2. The Bertz CT molecular complexity index is 788. The van der Waals surface area contributed by atoms with Gasteiger partial charge in [-0.25, -0.2) is 5.43 Å². The van der Waals surface area contributed by atoms with Crippen molar-refractivity contribution < 1.29 is 19.4 Å². The summed E-state index contributed by atoms with van der Waals surface area (Å²) in [5, 5.41) is 14.9. The van der Waals surface area contributed by atoms with Crippen molar-refractivity contribution in [1.29, 1.82) is 0 Å². The smallest absolute Gasteiger partial charge is 0.272 e. The normalized spacial score (nSPS) is 11.0. The van der Waals surface area contributed by atoms with Gasteiger partial charge in [-0.15, -0.1) is 0 Å². The second-order valence-electron chi connectivity index (χ2n) is 5.02. The van der Waals surface area contributed by atoms with Crippen molar-refractivity contribution in [3.8, 4) is 5.75 Å². The van der Waals surface area contributed by atoms with Crippen LogP contribution in [0.15, 0.2) is 53.6 Å². The van der Waals surface area contributed by atoms with Crippen LogP contribution in [-0.2, 0) is 4.79 Å². The lowest BCUT2D eigenvalue weighted by Crippen LogP contribution is -2.28. The van der Waals surface area contributed by atoms with Crippen LogP contribution in [0.1, 0.15) is 29.3 Å². The Morgan fingerprint density at radius 3 is 2.44 bits per heavy atom. The van der Waals surface area contributed by atoms with Crippen LogP contribution in [-0.4, -0.2) is 24.2 Å². The largest absolute Gasteiger partial charge is 0.546 e. The molecule has 0 aromatic heterocycles. The maximum Gasteiger partial charge on any atom is 0.272 e. The predicted molar refractivity (Wildman–Crippen MR) is 92.7 cm³/mol. The van der Waals surface area contributed by atoms with Gasteiger partial charge in [-0.3, -0.25) is 4.79 Å². The number of hydrazone groups is 1. The summed E-state index contributed by atoms with van der Waals surface area (Å²) in [7, 11) is 0. The molecule has 2 aromatic carbocycles. The molecule has 0 atom stereocenters. The number of carboxylic acid groups (broad SMARTS) is 1. The second kappa shape index (κ2) is 8.84. The van der Waals surface area contributed by atoms with Crippen molar-refractivity contribution in [3.63, 3.8) is 0 Å². The number of nitrogens with one attached hydrogen (secondary N) is 1. The molecule has 0 saturated carbocycles. The number of amides is 1. The van der Waals surface area contributed by atoms with Crippen LogP contribution < -0.4 is 15.3 Å². The molecule has 0 radical (unpaired) electrons. The predicted octanol–water partition coefficient (Wildman–Crippen LogP) is 2.01. The second-order valence-corrected chi connectivity index (χ2v) is 5.43. The molecule has 2 aromatic rings. The first kappa shape index (κ1) is 18.5. The third kappa shape index (κ3) is 5.32. The third-order valence-electron chi connectivity index (χ3n) is 3.29. The zero-order valence-electron chi connectivity index (χ0n) is 13.5. The zero-order chi connectivity index (χ0) is 18.2. The van der Waals surface area contributed by atoms with E-state index in [1.165, 1.54) is 0 Å². The van der Waals surface area contributed by atoms with Gasteiger partial charge in [-0.05, 0) is 48.4 Å². The monoisotopic (exact) mass is 359 g/mol. The maximum atomic E-state index is 12.1. The minimum Gasteiger partial charge on any atom is -0.546 e. The molecule has 2 rings (SSSR count). The maximum absolute atomic E-state index is 12.1. The number of aliphatic carboxylic acids is 1. The van der Waals surface area contributed by atoms with Crippen molar-refractivity contribution in [2.75, 3.05) is 6.61 Å². The molecule has 0 aliphatic rings. The molecule has 7 heteroatoms. The average Bonchev–Trinajstić information content (AvgIpc) is 2.61. The van der Waals surface area contributed by atoms with E-state index in [9.17, 15) is 14.7 Å². The van der Waals surface area contributed by atoms with Crippen LogP contribution in [0.5, 0.6) is 5.75 Å². The first-order valence-electron chi connectivity index (χ1n) is 7.55. The molecule has 1 amide bonds. The van der Waals surface area contributed by atoms with Gasteiger partial charge in [-0.2, -0.15) is 5.10 Å². The molecule has 0 fully saturated rings. The van der Waals surface area contributed by atoms with Crippen LogP contribution in [0.3, 0.4) is 0 Å². The molecule has 25 heavy (non-hydrogen) atoms. The topological polar surface area (TPSA) is 90.8 Å². The lowest BCUT2D eigenvalue weighted by molar-refractivity contribution is -0.307. The number of benzene rings is 2. The van der Waals surface area contributed by atoms with E-state index in [1.807, 2.05) is 6.92 Å². The van der Waals surface area contributed by atoms with E-state index >= 15 is 0 Å². The summed E-state index contributed by atoms with van der Waals surface area (Å²) in [5.41, 5.74) is 4.27. The molecule has 130 valence electrons. The lowest BCUT2D eigenvalue weighted by Gasteiger charge is -2.09. The third-order valence-corrected chi connectivity index (χ3v) is 3.62. The van der Waals surface area contributed by atoms with Gasteiger partial charge < -0.3 is 14.6 Å². The standard InChI is InChI=1S/C18H17ClN2O4/c1-2-16(12-7-9-13(10-8-12)25-11-17(22)23)20-21-18(24)14-5-3-4-6-15(14)19/h3-10H,2,11H2,1H3,(H,21,24)(H,22,23)/p-1/b20-16-. The SMILES string of the molecule is CC/C(=N/NC(=O)c1ccccc1Cl)c1ccc(OCC(=O)[O-])cc1. The van der Waals surface area contributed by atoms with Gasteiger partial charge in [0.05, 0.1) is 22.3 Å². The zero-order valence-corrected chi connectivity index (χ0v) is 14.2. The highest BCUT2D eigenvalue weighted by Gasteiger charge is 2.09. The van der Waals surface area contributed by atoms with E-state index in [0.717, 1.165) is 5.56 Å². The van der Waals surface area contributed by atoms with E-state index < -0.39 is 18.5 Å². The van der Waals surface area contributed by atoms with E-state index in [1.54, 1.807) is 48.5 Å². The molecule has 0 aliphatic heterocycles. The molecule has 0 unspecified atom stereocenters. The van der Waals surface area contributed by atoms with Crippen molar-refractivity contribution in [1.82, 2.24) is 5.43 Å². The average molecular weight is 360 g/mol. The number of nitrogens with zero attached hydrogens (tertiary/aromatic N) is 1. The van der Waals surface area contributed by atoms with Crippen LogP contribution in [0.2, 0.25) is 5.02 Å². The minimum atomic E-state index is -1.29. The Kier molecular flexibility index (Phi) is 6.54. The fraction of sp³-hybridized carbons (Fsp3) is 0.167. The van der Waals surface area contributed by atoms with Gasteiger partial charge in [0.2, 0.25) is 0 Å². The Labute approximate surface area is 150 Å². The summed E-state index contributed by atoms with van der Waals surface area (Å²) in [4.78, 5) is 22.5. The highest BCUT2D eigenvalue weighted by atomic mass is 35.5. The van der Waals surface area contributed by atoms with Crippen molar-refractivity contribution in [2.24, 2.45) is 5.10 Å². The minimum absolute atomic E-state index is 0.342. The Balaban J connectivity index is 2.08. The fourth-order valence-electron chi connectivity index (χ4n) is 2.06. The molecule has 1 N–H and O–H groups in total. The number of carbonyl (C=O) groups excluding carboxylic acids is 2. The van der Waals surface area contributed by atoms with Gasteiger partial charge in [-0.1, -0.05) is 30.7 Å². The Hall–Kier alpha value is -2.86.